The number of benzene rings is 3. The molecule has 3 aromatic rings. The Labute approximate surface area is 203 Å². The molecular formula is C28H26O7. The summed E-state index contributed by atoms with van der Waals surface area (Å²) in [5.74, 6) is 2.13. The number of aliphatic carboxylic acids is 1. The zero-order valence-corrected chi connectivity index (χ0v) is 19.7. The second-order valence-electron chi connectivity index (χ2n) is 8.66. The molecule has 2 aliphatic heterocycles. The number of hydrogen-bond donors (Lipinski definition) is 1. The number of rotatable bonds is 7. The molecule has 3 aromatic carbocycles. The van der Waals surface area contributed by atoms with Gasteiger partial charge in [0.2, 0.25) is 6.79 Å². The Morgan fingerprint density at radius 3 is 2.40 bits per heavy atom. The van der Waals surface area contributed by atoms with Gasteiger partial charge in [0.25, 0.3) is 0 Å². The molecule has 2 aliphatic rings. The lowest BCUT2D eigenvalue weighted by Crippen LogP contribution is -2.23. The van der Waals surface area contributed by atoms with Gasteiger partial charge in [0.1, 0.15) is 17.2 Å². The molecule has 0 saturated carbocycles. The molecule has 5 rings (SSSR count). The van der Waals surface area contributed by atoms with Crippen LogP contribution in [0.3, 0.4) is 0 Å². The number of hydrogen-bond acceptors (Lipinski definition) is 6. The minimum atomic E-state index is -1.04. The third kappa shape index (κ3) is 4.49. The number of fused-ring (bicyclic) bond motifs is 2. The highest BCUT2D eigenvalue weighted by Crippen LogP contribution is 2.46. The summed E-state index contributed by atoms with van der Waals surface area (Å²) < 4.78 is 28.4. The molecule has 2 heterocycles. The van der Waals surface area contributed by atoms with Crippen LogP contribution >= 0.6 is 0 Å². The fourth-order valence-electron chi connectivity index (χ4n) is 4.37. The van der Waals surface area contributed by atoms with Gasteiger partial charge in [-0.3, -0.25) is 0 Å². The SMILES string of the molecule is COc1ccc(CC2=C(C(=O)O)C(c3ccc4c(c3)OCO4)Oc3ccc(OC(C)C)cc32)cc1. The zero-order chi connectivity index (χ0) is 24.5. The third-order valence-electron chi connectivity index (χ3n) is 5.95. The summed E-state index contributed by atoms with van der Waals surface area (Å²) in [6, 6.07) is 18.5. The van der Waals surface area contributed by atoms with Gasteiger partial charge in [-0.1, -0.05) is 18.2 Å². The number of allylic oxidation sites excluding steroid dienone is 1. The Morgan fingerprint density at radius 1 is 0.971 bits per heavy atom. The predicted molar refractivity (Wildman–Crippen MR) is 129 cm³/mol. The lowest BCUT2D eigenvalue weighted by molar-refractivity contribution is -0.133. The summed E-state index contributed by atoms with van der Waals surface area (Å²) >= 11 is 0. The van der Waals surface area contributed by atoms with Crippen molar-refractivity contribution in [3.05, 3.63) is 82.9 Å². The van der Waals surface area contributed by atoms with Crippen LogP contribution in [0, 0.1) is 0 Å². The summed E-state index contributed by atoms with van der Waals surface area (Å²) in [6.07, 6.45) is -0.444. The van der Waals surface area contributed by atoms with Crippen LogP contribution in [0.1, 0.15) is 36.6 Å². The van der Waals surface area contributed by atoms with Gasteiger partial charge in [-0.15, -0.1) is 0 Å². The van der Waals surface area contributed by atoms with Crippen LogP contribution in [-0.4, -0.2) is 31.1 Å². The minimum absolute atomic E-state index is 0.0214. The molecule has 0 spiro atoms. The Balaban J connectivity index is 1.65. The van der Waals surface area contributed by atoms with Crippen LogP contribution in [0.15, 0.2) is 66.2 Å². The first-order valence-corrected chi connectivity index (χ1v) is 11.4. The summed E-state index contributed by atoms with van der Waals surface area (Å²) in [5.41, 5.74) is 3.17. The van der Waals surface area contributed by atoms with E-state index in [1.54, 1.807) is 19.2 Å². The van der Waals surface area contributed by atoms with Crippen molar-refractivity contribution < 1.29 is 33.6 Å². The zero-order valence-electron chi connectivity index (χ0n) is 19.7. The molecule has 0 amide bonds. The minimum Gasteiger partial charge on any atom is -0.497 e. The Morgan fingerprint density at radius 2 is 1.69 bits per heavy atom. The maximum atomic E-state index is 12.7. The largest absolute Gasteiger partial charge is 0.497 e. The molecule has 1 atom stereocenters. The summed E-state index contributed by atoms with van der Waals surface area (Å²) in [7, 11) is 1.61. The highest BCUT2D eigenvalue weighted by atomic mass is 16.7. The van der Waals surface area contributed by atoms with Gasteiger partial charge in [0.15, 0.2) is 17.6 Å². The Hall–Kier alpha value is -4.13. The first-order valence-electron chi connectivity index (χ1n) is 11.4. The molecule has 7 nitrogen and oxygen atoms in total. The first-order chi connectivity index (χ1) is 16.9. The van der Waals surface area contributed by atoms with Crippen molar-refractivity contribution in [2.75, 3.05) is 13.9 Å². The number of ether oxygens (including phenoxy) is 5. The van der Waals surface area contributed by atoms with Crippen LogP contribution in [0.5, 0.6) is 28.7 Å². The van der Waals surface area contributed by atoms with E-state index < -0.39 is 12.1 Å². The molecule has 1 unspecified atom stereocenters. The van der Waals surface area contributed by atoms with Crippen LogP contribution in [0.25, 0.3) is 5.57 Å². The smallest absolute Gasteiger partial charge is 0.336 e. The molecule has 7 heteroatoms. The summed E-state index contributed by atoms with van der Waals surface area (Å²) in [4.78, 5) is 12.7. The van der Waals surface area contributed by atoms with Crippen molar-refractivity contribution in [2.45, 2.75) is 32.5 Å². The quantitative estimate of drug-likeness (QED) is 0.489. The fraction of sp³-hybridized carbons (Fsp3) is 0.250. The van der Waals surface area contributed by atoms with E-state index in [0.717, 1.165) is 11.3 Å². The molecule has 0 aliphatic carbocycles. The van der Waals surface area contributed by atoms with E-state index in [4.69, 9.17) is 23.7 Å². The average Bonchev–Trinajstić information content (AvgIpc) is 3.32. The molecule has 0 bridgehead atoms. The van der Waals surface area contributed by atoms with E-state index in [1.807, 2.05) is 62.4 Å². The molecule has 0 saturated heterocycles. The summed E-state index contributed by atoms with van der Waals surface area (Å²) in [5, 5.41) is 10.4. The summed E-state index contributed by atoms with van der Waals surface area (Å²) in [6.45, 7) is 4.03. The second-order valence-corrected chi connectivity index (χ2v) is 8.66. The van der Waals surface area contributed by atoms with Crippen molar-refractivity contribution in [1.29, 1.82) is 0 Å². The lowest BCUT2D eigenvalue weighted by atomic mass is 9.86. The molecule has 0 aromatic heterocycles. The van der Waals surface area contributed by atoms with E-state index in [2.05, 4.69) is 0 Å². The topological polar surface area (TPSA) is 83.5 Å². The van der Waals surface area contributed by atoms with Crippen LogP contribution in [-0.2, 0) is 11.2 Å². The van der Waals surface area contributed by atoms with E-state index in [-0.39, 0.29) is 18.5 Å². The molecular weight excluding hydrogens is 448 g/mol. The van der Waals surface area contributed by atoms with Gasteiger partial charge in [0.05, 0.1) is 18.8 Å². The average molecular weight is 475 g/mol. The maximum Gasteiger partial charge on any atom is 0.336 e. The molecule has 0 fully saturated rings. The van der Waals surface area contributed by atoms with Crippen molar-refractivity contribution >= 4 is 11.5 Å². The lowest BCUT2D eigenvalue weighted by Gasteiger charge is -2.30. The van der Waals surface area contributed by atoms with E-state index in [0.29, 0.717) is 46.1 Å². The second kappa shape index (κ2) is 9.25. The number of methoxy groups -OCH3 is 1. The maximum absolute atomic E-state index is 12.7. The van der Waals surface area contributed by atoms with Crippen LogP contribution < -0.4 is 23.7 Å². The van der Waals surface area contributed by atoms with Crippen LogP contribution in [0.2, 0.25) is 0 Å². The number of carboxylic acid groups (broad SMARTS) is 1. The van der Waals surface area contributed by atoms with E-state index >= 15 is 0 Å². The Bertz CT molecular complexity index is 1290. The van der Waals surface area contributed by atoms with Gasteiger partial charge >= 0.3 is 5.97 Å². The van der Waals surface area contributed by atoms with Crippen molar-refractivity contribution in [1.82, 2.24) is 0 Å². The number of carbonyl (C=O) groups is 1. The van der Waals surface area contributed by atoms with Crippen molar-refractivity contribution in [2.24, 2.45) is 0 Å². The molecule has 1 N–H and O–H groups in total. The van der Waals surface area contributed by atoms with E-state index in [9.17, 15) is 9.90 Å². The molecule has 180 valence electrons. The number of carboxylic acids is 1. The van der Waals surface area contributed by atoms with Gasteiger partial charge < -0.3 is 28.8 Å². The third-order valence-corrected chi connectivity index (χ3v) is 5.95. The van der Waals surface area contributed by atoms with Crippen LogP contribution in [0.4, 0.5) is 0 Å². The Kier molecular flexibility index (Phi) is 5.99. The normalized spacial score (nSPS) is 16.1. The fourth-order valence-corrected chi connectivity index (χ4v) is 4.37. The highest BCUT2D eigenvalue weighted by Gasteiger charge is 2.35. The van der Waals surface area contributed by atoms with Crippen molar-refractivity contribution in [3.8, 4) is 28.7 Å². The van der Waals surface area contributed by atoms with Gasteiger partial charge in [-0.25, -0.2) is 4.79 Å². The van der Waals surface area contributed by atoms with Gasteiger partial charge in [-0.05, 0) is 73.9 Å². The molecule has 35 heavy (non-hydrogen) atoms. The van der Waals surface area contributed by atoms with Gasteiger partial charge in [-0.2, -0.15) is 0 Å². The predicted octanol–water partition coefficient (Wildman–Crippen LogP) is 5.43. The van der Waals surface area contributed by atoms with Crippen molar-refractivity contribution in [3.63, 3.8) is 0 Å². The first kappa shape index (κ1) is 22.7. The monoisotopic (exact) mass is 474 g/mol. The highest BCUT2D eigenvalue weighted by molar-refractivity contribution is 6.00. The van der Waals surface area contributed by atoms with Gasteiger partial charge in [0, 0.05) is 11.1 Å². The molecule has 0 radical (unpaired) electrons. The standard InChI is InChI=1S/C28H26O7/c1-16(2)34-20-9-11-23-21(14-20)22(12-17-4-7-19(31-3)8-5-17)26(28(29)30)27(35-23)18-6-10-24-25(13-18)33-15-32-24/h4-11,13-14,16,27H,12,15H2,1-3H3,(H,29,30). The van der Waals surface area contributed by atoms with E-state index in [1.165, 1.54) is 0 Å².